The van der Waals surface area contributed by atoms with E-state index in [1.54, 1.807) is 49.4 Å². The Hall–Kier alpha value is -4.07. The molecule has 0 atom stereocenters. The maximum absolute atomic E-state index is 14.2. The zero-order valence-electron chi connectivity index (χ0n) is 19.4. The highest BCUT2D eigenvalue weighted by molar-refractivity contribution is 7.89. The number of hydrogen-bond donors (Lipinski definition) is 1. The minimum atomic E-state index is -3.74. The molecule has 182 valence electrons. The molecule has 10 heteroatoms. The van der Waals surface area contributed by atoms with Crippen molar-refractivity contribution in [1.29, 1.82) is 5.26 Å². The summed E-state index contributed by atoms with van der Waals surface area (Å²) in [6.45, 7) is 2.06. The van der Waals surface area contributed by atoms with E-state index in [1.807, 2.05) is 33.9 Å². The third-order valence-electron chi connectivity index (χ3n) is 5.30. The molecule has 0 aliphatic carbocycles. The number of nitriles is 1. The second kappa shape index (κ2) is 10.3. The summed E-state index contributed by atoms with van der Waals surface area (Å²) in [6, 6.07) is 23.0. The van der Waals surface area contributed by atoms with E-state index in [9.17, 15) is 17.6 Å². The van der Waals surface area contributed by atoms with Crippen LogP contribution in [0, 0.1) is 24.1 Å². The lowest BCUT2D eigenvalue weighted by molar-refractivity contribution is 0.0977. The molecule has 0 saturated carbocycles. The van der Waals surface area contributed by atoms with Gasteiger partial charge in [-0.1, -0.05) is 42.5 Å². The van der Waals surface area contributed by atoms with Crippen LogP contribution in [-0.4, -0.2) is 25.6 Å². The highest BCUT2D eigenvalue weighted by Crippen LogP contribution is 2.34. The van der Waals surface area contributed by atoms with Gasteiger partial charge in [-0.05, 0) is 48.4 Å². The average molecular weight is 521 g/mol. The summed E-state index contributed by atoms with van der Waals surface area (Å²) in [4.78, 5) is 19.3. The lowest BCUT2D eigenvalue weighted by Gasteiger charge is -2.22. The third-order valence-corrected chi connectivity index (χ3v) is 6.85. The van der Waals surface area contributed by atoms with Crippen molar-refractivity contribution in [3.8, 4) is 17.2 Å². The molecule has 0 radical (unpaired) electrons. The Balaban J connectivity index is 1.69. The molecule has 1 amide bonds. The number of aryl methyl sites for hydroxylation is 1. The molecule has 7 nitrogen and oxygen atoms in total. The number of nitrogens with one attached hydrogen (secondary N) is 1. The fourth-order valence-corrected chi connectivity index (χ4v) is 4.94. The maximum Gasteiger partial charge on any atom is 0.284 e. The zero-order valence-corrected chi connectivity index (χ0v) is 21.0. The third kappa shape index (κ3) is 5.76. The highest BCUT2D eigenvalue weighted by Gasteiger charge is 2.22. The van der Waals surface area contributed by atoms with Crippen molar-refractivity contribution in [2.24, 2.45) is 0 Å². The van der Waals surface area contributed by atoms with Crippen molar-refractivity contribution in [2.45, 2.75) is 13.5 Å². The molecule has 0 aliphatic rings. The van der Waals surface area contributed by atoms with Gasteiger partial charge in [0.25, 0.3) is 5.91 Å². The van der Waals surface area contributed by atoms with Crippen molar-refractivity contribution in [2.75, 3.05) is 11.2 Å². The Morgan fingerprint density at radius 3 is 2.36 bits per heavy atom. The second-order valence-electron chi connectivity index (χ2n) is 8.03. The van der Waals surface area contributed by atoms with E-state index in [0.717, 1.165) is 23.1 Å². The Morgan fingerprint density at radius 1 is 1.08 bits per heavy atom. The summed E-state index contributed by atoms with van der Waals surface area (Å²) in [5, 5.41) is 9.64. The quantitative estimate of drug-likeness (QED) is 0.361. The number of anilines is 2. The lowest BCUT2D eigenvalue weighted by Crippen LogP contribution is -2.30. The number of benzene rings is 3. The van der Waals surface area contributed by atoms with Gasteiger partial charge >= 0.3 is 0 Å². The first-order valence-electron chi connectivity index (χ1n) is 10.8. The summed E-state index contributed by atoms with van der Waals surface area (Å²) in [5.41, 5.74) is 3.40. The van der Waals surface area contributed by atoms with E-state index in [1.165, 1.54) is 17.4 Å². The van der Waals surface area contributed by atoms with Crippen LogP contribution in [0.4, 0.5) is 15.2 Å². The molecule has 4 aromatic rings. The number of carbonyl (C=O) groups is 1. The summed E-state index contributed by atoms with van der Waals surface area (Å²) in [5.74, 6) is -1.10. The normalized spacial score (nSPS) is 11.1. The maximum atomic E-state index is 14.2. The fraction of sp³-hybridized carbons (Fsp3) is 0.115. The second-order valence-corrected chi connectivity index (χ2v) is 11.0. The number of sulfonamides is 1. The van der Waals surface area contributed by atoms with E-state index in [2.05, 4.69) is 11.1 Å². The van der Waals surface area contributed by atoms with E-state index >= 15 is 0 Å². The van der Waals surface area contributed by atoms with Gasteiger partial charge in [0.15, 0.2) is 5.13 Å². The van der Waals surface area contributed by atoms with Crippen molar-refractivity contribution in [1.82, 2.24) is 9.71 Å². The van der Waals surface area contributed by atoms with E-state index in [0.29, 0.717) is 27.7 Å². The van der Waals surface area contributed by atoms with Gasteiger partial charge in [0.05, 0.1) is 24.4 Å². The van der Waals surface area contributed by atoms with Gasteiger partial charge in [-0.2, -0.15) is 5.26 Å². The standard InChI is InChI=1S/C26H21FN4O3S2/c1-17-24(25(32)30-36(2,33)34)29-26(35-17)31(21-13-9-18(15-28)10-14-21)16-19-7-11-20(12-8-19)22-5-3-4-6-23(22)27/h3-14H,16H2,1-2H3,(H,30,32). The molecule has 4 rings (SSSR count). The van der Waals surface area contributed by atoms with Crippen LogP contribution in [0.2, 0.25) is 0 Å². The minimum absolute atomic E-state index is 0.0222. The number of amides is 1. The van der Waals surface area contributed by atoms with Crippen LogP contribution >= 0.6 is 11.3 Å². The Labute approximate surface area is 212 Å². The van der Waals surface area contributed by atoms with Crippen molar-refractivity contribution < 1.29 is 17.6 Å². The highest BCUT2D eigenvalue weighted by atomic mass is 32.2. The molecule has 0 unspecified atom stereocenters. The monoisotopic (exact) mass is 520 g/mol. The molecule has 0 fully saturated rings. The zero-order chi connectivity index (χ0) is 25.9. The number of thiazole rings is 1. The smallest absolute Gasteiger partial charge is 0.284 e. The Kier molecular flexibility index (Phi) is 7.15. The van der Waals surface area contributed by atoms with Crippen LogP contribution in [0.25, 0.3) is 11.1 Å². The number of aromatic nitrogens is 1. The Morgan fingerprint density at radius 2 is 1.75 bits per heavy atom. The molecule has 0 spiro atoms. The number of hydrogen-bond acceptors (Lipinski definition) is 7. The van der Waals surface area contributed by atoms with Crippen molar-refractivity contribution >= 4 is 38.1 Å². The number of halogens is 1. The Bertz CT molecular complexity index is 1560. The first-order valence-corrected chi connectivity index (χ1v) is 13.5. The molecule has 1 N–H and O–H groups in total. The molecule has 36 heavy (non-hydrogen) atoms. The largest absolute Gasteiger partial charge is 0.313 e. The molecular formula is C26H21FN4O3S2. The summed E-state index contributed by atoms with van der Waals surface area (Å²) in [6.07, 6.45) is 0.904. The summed E-state index contributed by atoms with van der Waals surface area (Å²) >= 11 is 1.25. The number of carbonyl (C=O) groups excluding carboxylic acids is 1. The van der Waals surface area contributed by atoms with Crippen LogP contribution in [0.15, 0.2) is 72.8 Å². The fourth-order valence-electron chi connectivity index (χ4n) is 3.58. The molecule has 3 aromatic carbocycles. The van der Waals surface area contributed by atoms with E-state index in [-0.39, 0.29) is 11.5 Å². The first kappa shape index (κ1) is 25.0. The number of rotatable bonds is 7. The molecule has 1 aromatic heterocycles. The molecule has 1 heterocycles. The van der Waals surface area contributed by atoms with Gasteiger partial charge in [-0.25, -0.2) is 22.5 Å². The molecule has 0 bridgehead atoms. The van der Waals surface area contributed by atoms with E-state index < -0.39 is 15.9 Å². The predicted molar refractivity (Wildman–Crippen MR) is 138 cm³/mol. The topological polar surface area (TPSA) is 103 Å². The lowest BCUT2D eigenvalue weighted by atomic mass is 10.0. The first-order chi connectivity index (χ1) is 17.1. The van der Waals surface area contributed by atoms with Gasteiger partial charge in [0.1, 0.15) is 11.5 Å². The minimum Gasteiger partial charge on any atom is -0.313 e. The number of nitrogens with zero attached hydrogens (tertiary/aromatic N) is 3. The van der Waals surface area contributed by atoms with Gasteiger partial charge < -0.3 is 4.90 Å². The van der Waals surface area contributed by atoms with Crippen molar-refractivity contribution in [3.05, 3.63) is 100 Å². The van der Waals surface area contributed by atoms with Crippen LogP contribution in [-0.2, 0) is 16.6 Å². The van der Waals surface area contributed by atoms with Crippen LogP contribution in [0.1, 0.15) is 26.5 Å². The van der Waals surface area contributed by atoms with Crippen LogP contribution in [0.5, 0.6) is 0 Å². The molecule has 0 saturated heterocycles. The molecule has 0 aliphatic heterocycles. The van der Waals surface area contributed by atoms with E-state index in [4.69, 9.17) is 5.26 Å². The SMILES string of the molecule is Cc1sc(N(Cc2ccc(-c3ccccc3F)cc2)c2ccc(C#N)cc2)nc1C(=O)NS(C)(=O)=O. The van der Waals surface area contributed by atoms with Crippen LogP contribution < -0.4 is 9.62 Å². The molecular weight excluding hydrogens is 499 g/mol. The summed E-state index contributed by atoms with van der Waals surface area (Å²) in [7, 11) is -3.74. The average Bonchev–Trinajstić information content (AvgIpc) is 3.24. The van der Waals surface area contributed by atoms with Gasteiger partial charge in [-0.15, -0.1) is 11.3 Å². The summed E-state index contributed by atoms with van der Waals surface area (Å²) < 4.78 is 39.2. The van der Waals surface area contributed by atoms with Gasteiger partial charge in [0.2, 0.25) is 10.0 Å². The van der Waals surface area contributed by atoms with Gasteiger partial charge in [0, 0.05) is 16.1 Å². The predicted octanol–water partition coefficient (Wildman–Crippen LogP) is 5.16. The van der Waals surface area contributed by atoms with Crippen LogP contribution in [0.3, 0.4) is 0 Å². The van der Waals surface area contributed by atoms with Gasteiger partial charge in [-0.3, -0.25) is 4.79 Å². The van der Waals surface area contributed by atoms with Crippen molar-refractivity contribution in [3.63, 3.8) is 0 Å².